The second-order valence-electron chi connectivity index (χ2n) is 5.82. The van der Waals surface area contributed by atoms with E-state index in [2.05, 4.69) is 26.4 Å². The van der Waals surface area contributed by atoms with Crippen molar-refractivity contribution in [1.82, 2.24) is 20.4 Å². The first-order valence-electron chi connectivity index (χ1n) is 7.54. The Hall–Kier alpha value is -1.72. The van der Waals surface area contributed by atoms with Gasteiger partial charge in [-0.1, -0.05) is 11.2 Å². The average Bonchev–Trinajstić information content (AvgIpc) is 3.12. The zero-order valence-electron chi connectivity index (χ0n) is 12.5. The predicted molar refractivity (Wildman–Crippen MR) is 80.6 cm³/mol. The maximum Gasteiger partial charge on any atom is 0.133 e. The van der Waals surface area contributed by atoms with Gasteiger partial charge in [-0.2, -0.15) is 0 Å². The standard InChI is InChI=1S/C16H22N4O/c1-13-7-16(19-21-13)12-20(11-15-4-6-18-9-15)10-14-3-2-5-17-8-14/h2-3,5,7-8,15,18H,4,6,9-12H2,1H3/t15-/m1/s1. The lowest BCUT2D eigenvalue weighted by molar-refractivity contribution is 0.214. The first kappa shape index (κ1) is 14.2. The van der Waals surface area contributed by atoms with Crippen LogP contribution in [-0.2, 0) is 13.1 Å². The lowest BCUT2D eigenvalue weighted by Crippen LogP contribution is -2.30. The molecule has 1 aliphatic rings. The summed E-state index contributed by atoms with van der Waals surface area (Å²) in [5.74, 6) is 1.59. The molecule has 1 saturated heterocycles. The monoisotopic (exact) mass is 286 g/mol. The van der Waals surface area contributed by atoms with Crippen LogP contribution in [0.4, 0.5) is 0 Å². The van der Waals surface area contributed by atoms with Gasteiger partial charge >= 0.3 is 0 Å². The van der Waals surface area contributed by atoms with Gasteiger partial charge in [0.1, 0.15) is 5.76 Å². The molecule has 1 N–H and O–H groups in total. The van der Waals surface area contributed by atoms with Crippen molar-refractivity contribution in [3.8, 4) is 0 Å². The molecule has 0 spiro atoms. The summed E-state index contributed by atoms with van der Waals surface area (Å²) in [6.45, 7) is 6.98. The van der Waals surface area contributed by atoms with E-state index in [4.69, 9.17) is 4.52 Å². The summed E-state index contributed by atoms with van der Waals surface area (Å²) in [6.07, 6.45) is 5.01. The number of aromatic nitrogens is 2. The Balaban J connectivity index is 1.67. The summed E-state index contributed by atoms with van der Waals surface area (Å²) in [5.41, 5.74) is 2.24. The normalized spacial score (nSPS) is 18.5. The molecule has 0 unspecified atom stereocenters. The fourth-order valence-corrected chi connectivity index (χ4v) is 2.89. The first-order chi connectivity index (χ1) is 10.3. The van der Waals surface area contributed by atoms with Crippen molar-refractivity contribution in [2.75, 3.05) is 19.6 Å². The minimum Gasteiger partial charge on any atom is -0.361 e. The van der Waals surface area contributed by atoms with Gasteiger partial charge in [-0.15, -0.1) is 0 Å². The second kappa shape index (κ2) is 6.83. The lowest BCUT2D eigenvalue weighted by Gasteiger charge is -2.24. The summed E-state index contributed by atoms with van der Waals surface area (Å²) in [7, 11) is 0. The lowest BCUT2D eigenvalue weighted by atomic mass is 10.1. The van der Waals surface area contributed by atoms with Crippen LogP contribution in [-0.4, -0.2) is 34.7 Å². The molecule has 2 aromatic heterocycles. The van der Waals surface area contributed by atoms with Crippen molar-refractivity contribution in [2.45, 2.75) is 26.4 Å². The Labute approximate surface area is 125 Å². The molecule has 1 fully saturated rings. The van der Waals surface area contributed by atoms with Gasteiger partial charge in [0.25, 0.3) is 0 Å². The maximum atomic E-state index is 5.18. The van der Waals surface area contributed by atoms with Crippen LogP contribution in [0.3, 0.4) is 0 Å². The van der Waals surface area contributed by atoms with Gasteiger partial charge in [0.15, 0.2) is 0 Å². The maximum absolute atomic E-state index is 5.18. The number of hydrogen-bond acceptors (Lipinski definition) is 5. The molecule has 3 rings (SSSR count). The van der Waals surface area contributed by atoms with Gasteiger partial charge in [-0.3, -0.25) is 9.88 Å². The summed E-state index contributed by atoms with van der Waals surface area (Å²) >= 11 is 0. The molecule has 0 bridgehead atoms. The molecule has 5 heteroatoms. The van der Waals surface area contributed by atoms with Crippen molar-refractivity contribution in [1.29, 1.82) is 0 Å². The van der Waals surface area contributed by atoms with E-state index in [-0.39, 0.29) is 0 Å². The molecule has 3 heterocycles. The Kier molecular flexibility index (Phi) is 4.62. The molecule has 1 aliphatic heterocycles. The molecule has 21 heavy (non-hydrogen) atoms. The highest BCUT2D eigenvalue weighted by molar-refractivity contribution is 5.09. The van der Waals surface area contributed by atoms with Crippen molar-refractivity contribution in [2.24, 2.45) is 5.92 Å². The van der Waals surface area contributed by atoms with E-state index in [1.165, 1.54) is 12.0 Å². The molecule has 0 aromatic carbocycles. The van der Waals surface area contributed by atoms with E-state index >= 15 is 0 Å². The molecule has 0 aliphatic carbocycles. The molecule has 0 saturated carbocycles. The fourth-order valence-electron chi connectivity index (χ4n) is 2.89. The molecular formula is C16H22N4O. The van der Waals surface area contributed by atoms with Crippen molar-refractivity contribution in [3.05, 3.63) is 47.6 Å². The van der Waals surface area contributed by atoms with Gasteiger partial charge in [-0.05, 0) is 44.0 Å². The van der Waals surface area contributed by atoms with Crippen molar-refractivity contribution < 1.29 is 4.52 Å². The molecule has 112 valence electrons. The summed E-state index contributed by atoms with van der Waals surface area (Å²) in [4.78, 5) is 6.64. The van der Waals surface area contributed by atoms with Crippen molar-refractivity contribution >= 4 is 0 Å². The van der Waals surface area contributed by atoms with Crippen LogP contribution >= 0.6 is 0 Å². The molecular weight excluding hydrogens is 264 g/mol. The number of pyridine rings is 1. The third kappa shape index (κ3) is 4.12. The van der Waals surface area contributed by atoms with E-state index in [0.717, 1.165) is 50.1 Å². The van der Waals surface area contributed by atoms with Gasteiger partial charge in [0.05, 0.1) is 5.69 Å². The van der Waals surface area contributed by atoms with Gasteiger partial charge in [-0.25, -0.2) is 0 Å². The SMILES string of the molecule is Cc1cc(CN(Cc2cccnc2)C[C@@H]2CCNC2)no1. The highest BCUT2D eigenvalue weighted by Gasteiger charge is 2.19. The Morgan fingerprint density at radius 1 is 1.43 bits per heavy atom. The van der Waals surface area contributed by atoms with Gasteiger partial charge in [0.2, 0.25) is 0 Å². The van der Waals surface area contributed by atoms with E-state index in [0.29, 0.717) is 0 Å². The van der Waals surface area contributed by atoms with Crippen LogP contribution < -0.4 is 5.32 Å². The minimum atomic E-state index is 0.717. The van der Waals surface area contributed by atoms with Crippen molar-refractivity contribution in [3.63, 3.8) is 0 Å². The van der Waals surface area contributed by atoms with E-state index < -0.39 is 0 Å². The van der Waals surface area contributed by atoms with Crippen LogP contribution in [0, 0.1) is 12.8 Å². The van der Waals surface area contributed by atoms with Crippen LogP contribution in [0.25, 0.3) is 0 Å². The molecule has 5 nitrogen and oxygen atoms in total. The summed E-state index contributed by atoms with van der Waals surface area (Å²) in [5, 5.41) is 7.56. The smallest absolute Gasteiger partial charge is 0.133 e. The fraction of sp³-hybridized carbons (Fsp3) is 0.500. The number of nitrogens with one attached hydrogen (secondary N) is 1. The highest BCUT2D eigenvalue weighted by atomic mass is 16.5. The molecule has 0 amide bonds. The topological polar surface area (TPSA) is 54.2 Å². The van der Waals surface area contributed by atoms with Crippen LogP contribution in [0.1, 0.15) is 23.4 Å². The minimum absolute atomic E-state index is 0.717. The van der Waals surface area contributed by atoms with Gasteiger partial charge < -0.3 is 9.84 Å². The Bertz CT molecular complexity index is 548. The van der Waals surface area contributed by atoms with E-state index in [9.17, 15) is 0 Å². The Morgan fingerprint density at radius 3 is 3.05 bits per heavy atom. The molecule has 0 radical (unpaired) electrons. The molecule has 2 aromatic rings. The summed E-state index contributed by atoms with van der Waals surface area (Å²) in [6, 6.07) is 6.13. The predicted octanol–water partition coefficient (Wildman–Crippen LogP) is 1.99. The van der Waals surface area contributed by atoms with E-state index in [1.807, 2.05) is 31.5 Å². The summed E-state index contributed by atoms with van der Waals surface area (Å²) < 4.78 is 5.18. The largest absolute Gasteiger partial charge is 0.361 e. The first-order valence-corrected chi connectivity index (χ1v) is 7.54. The van der Waals surface area contributed by atoms with E-state index in [1.54, 1.807) is 0 Å². The zero-order chi connectivity index (χ0) is 14.5. The number of aryl methyl sites for hydroxylation is 1. The zero-order valence-corrected chi connectivity index (χ0v) is 12.5. The number of hydrogen-bond donors (Lipinski definition) is 1. The highest BCUT2D eigenvalue weighted by Crippen LogP contribution is 2.15. The number of nitrogens with zero attached hydrogens (tertiary/aromatic N) is 3. The Morgan fingerprint density at radius 2 is 2.38 bits per heavy atom. The second-order valence-corrected chi connectivity index (χ2v) is 5.82. The van der Waals surface area contributed by atoms with Crippen LogP contribution in [0.2, 0.25) is 0 Å². The number of rotatable bonds is 6. The van der Waals surface area contributed by atoms with Crippen LogP contribution in [0.15, 0.2) is 35.1 Å². The third-order valence-electron chi connectivity index (χ3n) is 3.87. The van der Waals surface area contributed by atoms with Crippen LogP contribution in [0.5, 0.6) is 0 Å². The average molecular weight is 286 g/mol. The quantitative estimate of drug-likeness (QED) is 0.880. The molecule has 1 atom stereocenters. The third-order valence-corrected chi connectivity index (χ3v) is 3.87. The van der Waals surface area contributed by atoms with Gasteiger partial charge in [0, 0.05) is 38.1 Å².